The summed E-state index contributed by atoms with van der Waals surface area (Å²) in [5.74, 6) is 0.793. The van der Waals surface area contributed by atoms with E-state index in [9.17, 15) is 9.59 Å². The predicted molar refractivity (Wildman–Crippen MR) is 235 cm³/mol. The standard InChI is InChI=1S/C19H14N4O.C15H18BNO3.C10H8BrN3/c20-16-11-22-17(18(23-16)12-4-2-1-3-5-12)14-6-7-15-13(10-14)8-9-21-19(15)24;1-14(2)15(3,4)20-16(19-14)11-5-6-12-10(9-11)7-8-17-13(12)18;11-10-9(14-8(12)6-13-10)7-4-2-1-3-5-7/h1-11H,(H2,20,23)(H,21,24);5-9H,1-4H3,(H,17,18);1-6H,(H2,12,14). The lowest BCUT2D eigenvalue weighted by atomic mass is 9.78. The van der Waals surface area contributed by atoms with Crippen LogP contribution in [0, 0.1) is 0 Å². The smallest absolute Gasteiger partial charge is 0.399 e. The average Bonchev–Trinajstić information content (AvgIpc) is 3.45. The number of benzene rings is 4. The number of halogens is 1. The number of hydrogen-bond donors (Lipinski definition) is 4. The van der Waals surface area contributed by atoms with Crippen LogP contribution in [0.1, 0.15) is 27.7 Å². The zero-order valence-corrected chi connectivity index (χ0v) is 33.8. The van der Waals surface area contributed by atoms with E-state index < -0.39 is 7.12 Å². The molecule has 8 aromatic rings. The van der Waals surface area contributed by atoms with Crippen molar-refractivity contribution in [2.24, 2.45) is 0 Å². The lowest BCUT2D eigenvalue weighted by Crippen LogP contribution is -2.41. The summed E-state index contributed by atoms with van der Waals surface area (Å²) in [7, 11) is -0.399. The maximum atomic E-state index is 11.9. The number of hydrogen-bond acceptors (Lipinski definition) is 10. The van der Waals surface area contributed by atoms with Crippen molar-refractivity contribution in [3.05, 3.63) is 159 Å². The summed E-state index contributed by atoms with van der Waals surface area (Å²) in [6, 6.07) is 34.6. The van der Waals surface area contributed by atoms with Crippen LogP contribution in [0.3, 0.4) is 0 Å². The summed E-state index contributed by atoms with van der Waals surface area (Å²) in [6.07, 6.45) is 6.36. The first kappa shape index (κ1) is 39.7. The number of H-pyrrole nitrogens is 2. The molecule has 1 aliphatic rings. The van der Waals surface area contributed by atoms with Gasteiger partial charge in [0.15, 0.2) is 0 Å². The fraction of sp³-hybridized carbons (Fsp3) is 0.136. The van der Waals surface area contributed by atoms with E-state index >= 15 is 0 Å². The lowest BCUT2D eigenvalue weighted by molar-refractivity contribution is 0.00578. The molecule has 0 aliphatic carbocycles. The van der Waals surface area contributed by atoms with Crippen molar-refractivity contribution in [2.75, 3.05) is 11.5 Å². The Balaban J connectivity index is 0.000000137. The molecule has 0 radical (unpaired) electrons. The molecule has 12 nitrogen and oxygen atoms in total. The molecule has 58 heavy (non-hydrogen) atoms. The quantitative estimate of drug-likeness (QED) is 0.129. The van der Waals surface area contributed by atoms with Crippen molar-refractivity contribution in [3.63, 3.8) is 0 Å². The molecule has 1 aliphatic heterocycles. The second-order valence-corrected chi connectivity index (χ2v) is 15.3. The van der Waals surface area contributed by atoms with Gasteiger partial charge in [-0.05, 0) is 90.2 Å². The first-order valence-electron chi connectivity index (χ1n) is 18.4. The molecule has 0 spiro atoms. The molecule has 4 aromatic heterocycles. The molecule has 0 unspecified atom stereocenters. The minimum absolute atomic E-state index is 0.0806. The van der Waals surface area contributed by atoms with E-state index in [-0.39, 0.29) is 22.3 Å². The number of nitrogens with zero attached hydrogens (tertiary/aromatic N) is 4. The average molecular weight is 836 g/mol. The summed E-state index contributed by atoms with van der Waals surface area (Å²) in [5.41, 5.74) is 16.5. The van der Waals surface area contributed by atoms with Crippen molar-refractivity contribution in [1.82, 2.24) is 29.9 Å². The highest BCUT2D eigenvalue weighted by atomic mass is 79.9. The molecule has 0 amide bonds. The van der Waals surface area contributed by atoms with E-state index in [4.69, 9.17) is 20.8 Å². The van der Waals surface area contributed by atoms with Crippen molar-refractivity contribution in [2.45, 2.75) is 38.9 Å². The molecule has 5 heterocycles. The second-order valence-electron chi connectivity index (χ2n) is 14.5. The van der Waals surface area contributed by atoms with Crippen molar-refractivity contribution < 1.29 is 9.31 Å². The number of pyridine rings is 2. The Morgan fingerprint density at radius 2 is 1.09 bits per heavy atom. The van der Waals surface area contributed by atoms with E-state index in [1.807, 2.05) is 131 Å². The number of aromatic amines is 2. The van der Waals surface area contributed by atoms with Gasteiger partial charge < -0.3 is 30.7 Å². The van der Waals surface area contributed by atoms with Gasteiger partial charge in [-0.3, -0.25) is 14.6 Å². The molecule has 0 bridgehead atoms. The van der Waals surface area contributed by atoms with E-state index in [0.29, 0.717) is 27.0 Å². The highest BCUT2D eigenvalue weighted by molar-refractivity contribution is 9.10. The minimum atomic E-state index is -0.399. The largest absolute Gasteiger partial charge is 0.494 e. The van der Waals surface area contributed by atoms with Crippen LogP contribution in [-0.4, -0.2) is 48.2 Å². The van der Waals surface area contributed by atoms with Crippen molar-refractivity contribution >= 4 is 61.7 Å². The lowest BCUT2D eigenvalue weighted by Gasteiger charge is -2.32. The van der Waals surface area contributed by atoms with Gasteiger partial charge in [0.05, 0.1) is 35.0 Å². The molecule has 6 N–H and O–H groups in total. The van der Waals surface area contributed by atoms with Crippen LogP contribution in [0.25, 0.3) is 55.3 Å². The van der Waals surface area contributed by atoms with Gasteiger partial charge in [0.25, 0.3) is 11.1 Å². The number of nitrogens with two attached hydrogens (primary N) is 2. The van der Waals surface area contributed by atoms with E-state index in [2.05, 4.69) is 45.8 Å². The number of rotatable bonds is 4. The Labute approximate surface area is 343 Å². The van der Waals surface area contributed by atoms with Crippen LogP contribution in [0.5, 0.6) is 0 Å². The number of fused-ring (bicyclic) bond motifs is 2. The second kappa shape index (κ2) is 16.6. The highest BCUT2D eigenvalue weighted by Gasteiger charge is 2.51. The maximum absolute atomic E-state index is 11.9. The van der Waals surface area contributed by atoms with E-state index in [0.717, 1.165) is 50.0 Å². The van der Waals surface area contributed by atoms with Crippen molar-refractivity contribution in [3.8, 4) is 33.8 Å². The molecular weight excluding hydrogens is 795 g/mol. The molecule has 1 saturated heterocycles. The van der Waals surface area contributed by atoms with Crippen LogP contribution in [-0.2, 0) is 9.31 Å². The molecule has 9 rings (SSSR count). The fourth-order valence-corrected chi connectivity index (χ4v) is 6.68. The van der Waals surface area contributed by atoms with Gasteiger partial charge in [0.1, 0.15) is 21.9 Å². The predicted octanol–water partition coefficient (Wildman–Crippen LogP) is 7.55. The van der Waals surface area contributed by atoms with Gasteiger partial charge in [-0.25, -0.2) is 15.0 Å². The zero-order valence-electron chi connectivity index (χ0n) is 32.2. The Hall–Kier alpha value is -6.48. The molecule has 14 heteroatoms. The normalized spacial score (nSPS) is 14.0. The third kappa shape index (κ3) is 8.59. The van der Waals surface area contributed by atoms with Crippen LogP contribution in [0.4, 0.5) is 11.6 Å². The topological polar surface area (TPSA) is 188 Å². The Kier molecular flexibility index (Phi) is 11.3. The minimum Gasteiger partial charge on any atom is -0.399 e. The third-order valence-electron chi connectivity index (χ3n) is 10.0. The SMILES string of the molecule is CC1(C)OB(c2ccc3c(=O)[nH]ccc3c2)OC1(C)C.Nc1cnc(-c2ccc3c(=O)[nH]ccc3c2)c(-c2ccccc2)n1.Nc1cnc(Br)c(-c2ccccc2)n1. The van der Waals surface area contributed by atoms with Gasteiger partial charge in [0.2, 0.25) is 0 Å². The monoisotopic (exact) mass is 834 g/mol. The molecule has 0 saturated carbocycles. The number of nitrogens with one attached hydrogen (secondary N) is 2. The Morgan fingerprint density at radius 1 is 0.586 bits per heavy atom. The first-order valence-corrected chi connectivity index (χ1v) is 19.2. The summed E-state index contributed by atoms with van der Waals surface area (Å²) >= 11 is 3.34. The molecule has 4 aromatic carbocycles. The van der Waals surface area contributed by atoms with Crippen LogP contribution < -0.4 is 28.0 Å². The zero-order chi connectivity index (χ0) is 41.0. The van der Waals surface area contributed by atoms with Gasteiger partial charge in [-0.15, -0.1) is 0 Å². The molecule has 1 fully saturated rings. The number of aromatic nitrogens is 6. The fourth-order valence-electron chi connectivity index (χ4n) is 6.26. The maximum Gasteiger partial charge on any atom is 0.494 e. The summed E-state index contributed by atoms with van der Waals surface area (Å²) in [4.78, 5) is 46.1. The Bertz CT molecular complexity index is 2840. The summed E-state index contributed by atoms with van der Waals surface area (Å²) in [6.45, 7) is 8.11. The highest BCUT2D eigenvalue weighted by Crippen LogP contribution is 2.36. The summed E-state index contributed by atoms with van der Waals surface area (Å²) in [5, 5.41) is 3.06. The van der Waals surface area contributed by atoms with Gasteiger partial charge in [-0.2, -0.15) is 0 Å². The molecule has 290 valence electrons. The van der Waals surface area contributed by atoms with Gasteiger partial charge in [0, 0.05) is 39.9 Å². The number of nitrogen functional groups attached to an aromatic ring is 2. The van der Waals surface area contributed by atoms with Crippen LogP contribution in [0.15, 0.2) is 148 Å². The van der Waals surface area contributed by atoms with Crippen LogP contribution >= 0.6 is 15.9 Å². The summed E-state index contributed by atoms with van der Waals surface area (Å²) < 4.78 is 12.7. The van der Waals surface area contributed by atoms with Crippen LogP contribution in [0.2, 0.25) is 0 Å². The van der Waals surface area contributed by atoms with E-state index in [1.54, 1.807) is 24.7 Å². The Morgan fingerprint density at radius 3 is 1.67 bits per heavy atom. The van der Waals surface area contributed by atoms with E-state index in [1.165, 1.54) is 6.20 Å². The van der Waals surface area contributed by atoms with Gasteiger partial charge in [-0.1, -0.05) is 78.9 Å². The first-order chi connectivity index (χ1) is 27.8. The third-order valence-corrected chi connectivity index (χ3v) is 10.6. The van der Waals surface area contributed by atoms with Crippen molar-refractivity contribution in [1.29, 1.82) is 0 Å². The van der Waals surface area contributed by atoms with Gasteiger partial charge >= 0.3 is 7.12 Å². The molecular formula is C44H40BBrN8O4. The number of anilines is 2. The molecule has 0 atom stereocenters.